The van der Waals surface area contributed by atoms with Crippen molar-refractivity contribution in [3.8, 4) is 17.1 Å². The molecule has 0 aliphatic carbocycles. The summed E-state index contributed by atoms with van der Waals surface area (Å²) in [4.78, 5) is 45.5. The van der Waals surface area contributed by atoms with Crippen LogP contribution in [0, 0.1) is 0 Å². The molecule has 0 saturated heterocycles. The van der Waals surface area contributed by atoms with Crippen LogP contribution in [0.1, 0.15) is 47.1 Å². The number of esters is 2. The first-order chi connectivity index (χ1) is 22.4. The van der Waals surface area contributed by atoms with Crippen molar-refractivity contribution in [1.82, 2.24) is 4.57 Å². The van der Waals surface area contributed by atoms with Crippen LogP contribution in [0.3, 0.4) is 0 Å². The molecule has 0 spiro atoms. The summed E-state index contributed by atoms with van der Waals surface area (Å²) in [6.45, 7) is 4.30. The highest BCUT2D eigenvalue weighted by molar-refractivity contribution is 7.07. The maximum absolute atomic E-state index is 14.2. The number of carbonyl (C=O) groups is 2. The van der Waals surface area contributed by atoms with Gasteiger partial charge < -0.3 is 18.6 Å². The third-order valence-corrected chi connectivity index (χ3v) is 8.36. The molecule has 2 aromatic heterocycles. The molecule has 6 rings (SSSR count). The zero-order chi connectivity index (χ0) is 32.2. The Kier molecular flexibility index (Phi) is 8.80. The molecule has 0 saturated carbocycles. The van der Waals surface area contributed by atoms with Gasteiger partial charge in [0.25, 0.3) is 5.56 Å². The van der Waals surface area contributed by atoms with E-state index >= 15 is 0 Å². The second-order valence-corrected chi connectivity index (χ2v) is 11.2. The Morgan fingerprint density at radius 2 is 1.65 bits per heavy atom. The molecule has 3 aromatic carbocycles. The molecule has 0 amide bonds. The zero-order valence-corrected chi connectivity index (χ0v) is 26.2. The maximum atomic E-state index is 14.2. The summed E-state index contributed by atoms with van der Waals surface area (Å²) in [6, 6.07) is 26.3. The fourth-order valence-electron chi connectivity index (χ4n) is 5.36. The van der Waals surface area contributed by atoms with Gasteiger partial charge in [-0.15, -0.1) is 0 Å². The second-order valence-electron chi connectivity index (χ2n) is 10.2. The van der Waals surface area contributed by atoms with Gasteiger partial charge in [-0.1, -0.05) is 72.0 Å². The topological polar surface area (TPSA) is 109 Å². The van der Waals surface area contributed by atoms with Gasteiger partial charge in [-0.05, 0) is 49.7 Å². The first kappa shape index (κ1) is 30.5. The van der Waals surface area contributed by atoms with Gasteiger partial charge in [0.1, 0.15) is 17.3 Å². The van der Waals surface area contributed by atoms with Crippen LogP contribution in [0.15, 0.2) is 111 Å². The molecule has 10 heteroatoms. The molecule has 1 aliphatic rings. The Hall–Kier alpha value is -5.48. The number of hydrogen-bond acceptors (Lipinski definition) is 9. The summed E-state index contributed by atoms with van der Waals surface area (Å²) < 4.78 is 24.1. The number of ether oxygens (including phenoxy) is 3. The van der Waals surface area contributed by atoms with Crippen LogP contribution in [0.25, 0.3) is 23.1 Å². The Balaban J connectivity index is 1.53. The number of methoxy groups -OCH3 is 1. The molecule has 9 nitrogen and oxygen atoms in total. The van der Waals surface area contributed by atoms with E-state index in [1.54, 1.807) is 49.4 Å². The lowest BCUT2D eigenvalue weighted by Gasteiger charge is -2.26. The number of hydrogen-bond donors (Lipinski definition) is 0. The molecule has 0 unspecified atom stereocenters. The zero-order valence-electron chi connectivity index (χ0n) is 25.4. The van der Waals surface area contributed by atoms with Crippen molar-refractivity contribution in [2.75, 3.05) is 20.3 Å². The maximum Gasteiger partial charge on any atom is 0.338 e. The van der Waals surface area contributed by atoms with Crippen molar-refractivity contribution in [2.45, 2.75) is 19.9 Å². The van der Waals surface area contributed by atoms with Gasteiger partial charge in [0.05, 0.1) is 47.7 Å². The minimum atomic E-state index is -0.817. The quantitative estimate of drug-likeness (QED) is 0.200. The Morgan fingerprint density at radius 3 is 2.37 bits per heavy atom. The molecule has 1 aliphatic heterocycles. The molecule has 0 bridgehead atoms. The van der Waals surface area contributed by atoms with E-state index in [0.717, 1.165) is 5.56 Å². The largest absolute Gasteiger partial charge is 0.494 e. The molecule has 46 heavy (non-hydrogen) atoms. The van der Waals surface area contributed by atoms with Crippen molar-refractivity contribution in [1.29, 1.82) is 0 Å². The van der Waals surface area contributed by atoms with Crippen LogP contribution in [-0.4, -0.2) is 36.8 Å². The predicted octanol–water partition coefficient (Wildman–Crippen LogP) is 5.38. The van der Waals surface area contributed by atoms with E-state index in [9.17, 15) is 14.4 Å². The van der Waals surface area contributed by atoms with Gasteiger partial charge in [-0.25, -0.2) is 14.6 Å². The fraction of sp³-hybridized carbons (Fsp3) is 0.167. The van der Waals surface area contributed by atoms with Crippen LogP contribution < -0.4 is 19.6 Å². The highest BCUT2D eigenvalue weighted by Crippen LogP contribution is 2.36. The lowest BCUT2D eigenvalue weighted by molar-refractivity contribution is -0.138. The van der Waals surface area contributed by atoms with Crippen molar-refractivity contribution in [3.05, 3.63) is 139 Å². The van der Waals surface area contributed by atoms with Crippen LogP contribution in [0.5, 0.6) is 5.75 Å². The van der Waals surface area contributed by atoms with E-state index < -0.39 is 18.0 Å². The normalized spacial score (nSPS) is 14.4. The minimum Gasteiger partial charge on any atom is -0.494 e. The summed E-state index contributed by atoms with van der Waals surface area (Å²) in [7, 11) is 1.32. The summed E-state index contributed by atoms with van der Waals surface area (Å²) in [5.41, 5.74) is 2.70. The Labute approximate surface area is 268 Å². The number of aromatic nitrogens is 1. The van der Waals surface area contributed by atoms with E-state index in [1.807, 2.05) is 61.5 Å². The van der Waals surface area contributed by atoms with Gasteiger partial charge in [0.15, 0.2) is 4.80 Å². The second kappa shape index (κ2) is 13.3. The van der Waals surface area contributed by atoms with Crippen molar-refractivity contribution in [2.24, 2.45) is 4.99 Å². The number of furan rings is 1. The Morgan fingerprint density at radius 1 is 0.913 bits per heavy atom. The van der Waals surface area contributed by atoms with Gasteiger partial charge in [0.2, 0.25) is 0 Å². The smallest absolute Gasteiger partial charge is 0.338 e. The summed E-state index contributed by atoms with van der Waals surface area (Å²) >= 11 is 1.19. The highest BCUT2D eigenvalue weighted by atomic mass is 32.1. The number of rotatable bonds is 9. The molecule has 3 heterocycles. The van der Waals surface area contributed by atoms with E-state index in [-0.39, 0.29) is 17.7 Å². The highest BCUT2D eigenvalue weighted by Gasteiger charge is 2.35. The van der Waals surface area contributed by atoms with Gasteiger partial charge >= 0.3 is 11.9 Å². The van der Waals surface area contributed by atoms with Crippen LogP contribution in [-0.2, 0) is 14.3 Å². The van der Waals surface area contributed by atoms with Gasteiger partial charge in [0, 0.05) is 17.2 Å². The van der Waals surface area contributed by atoms with Crippen molar-refractivity contribution < 1.29 is 28.2 Å². The van der Waals surface area contributed by atoms with E-state index in [0.29, 0.717) is 55.6 Å². The standard InChI is InChI=1S/C36H30N2O7S/c1-4-43-24-17-15-23(16-18-24)32-30(35(41)44-5-2)31(22-11-7-6-8-12-22)37-36-38(32)33(39)29(46-36)21-25-19-20-28(45-25)26-13-9-10-14-27(26)34(40)42-3/h6-21,32H,4-5H2,1-3H3/b29-21-/t32-/m0/s1. The number of thiazole rings is 1. The number of nitrogens with zero attached hydrogens (tertiary/aromatic N) is 2. The first-order valence-corrected chi connectivity index (χ1v) is 15.5. The average molecular weight is 635 g/mol. The lowest BCUT2D eigenvalue weighted by atomic mass is 9.93. The van der Waals surface area contributed by atoms with E-state index in [4.69, 9.17) is 23.6 Å². The molecule has 0 fully saturated rings. The first-order valence-electron chi connectivity index (χ1n) is 14.7. The number of benzene rings is 3. The molecule has 0 radical (unpaired) electrons. The fourth-order valence-corrected chi connectivity index (χ4v) is 6.34. The number of fused-ring (bicyclic) bond motifs is 1. The van der Waals surface area contributed by atoms with Gasteiger partial charge in [-0.2, -0.15) is 0 Å². The SMILES string of the molecule is CCOC(=O)C1=C(c2ccccc2)N=c2s/c(=C\c3ccc(-c4ccccc4C(=O)OC)o3)c(=O)n2[C@H]1c1ccc(OCC)cc1. The molecular formula is C36H30N2O7S. The molecule has 1 atom stereocenters. The third-order valence-electron chi connectivity index (χ3n) is 7.38. The van der Waals surface area contributed by atoms with Gasteiger partial charge in [-0.3, -0.25) is 9.36 Å². The van der Waals surface area contributed by atoms with Crippen molar-refractivity contribution >= 4 is 35.0 Å². The molecule has 5 aromatic rings. The Bertz CT molecular complexity index is 2120. The van der Waals surface area contributed by atoms with Crippen molar-refractivity contribution in [3.63, 3.8) is 0 Å². The average Bonchev–Trinajstić information content (AvgIpc) is 3.68. The summed E-state index contributed by atoms with van der Waals surface area (Å²) in [6.07, 6.45) is 1.64. The number of carbonyl (C=O) groups excluding carboxylic acids is 2. The third kappa shape index (κ3) is 5.82. The summed E-state index contributed by atoms with van der Waals surface area (Å²) in [5.74, 6) is 0.487. The van der Waals surface area contributed by atoms with E-state index in [2.05, 4.69) is 0 Å². The molecular weight excluding hydrogens is 604 g/mol. The van der Waals surface area contributed by atoms with Crippen LogP contribution in [0.2, 0.25) is 0 Å². The van der Waals surface area contributed by atoms with E-state index in [1.165, 1.54) is 23.0 Å². The van der Waals surface area contributed by atoms with Crippen LogP contribution in [0.4, 0.5) is 0 Å². The minimum absolute atomic E-state index is 0.157. The monoisotopic (exact) mass is 634 g/mol. The molecule has 0 N–H and O–H groups in total. The lowest BCUT2D eigenvalue weighted by Crippen LogP contribution is -2.40. The predicted molar refractivity (Wildman–Crippen MR) is 174 cm³/mol. The summed E-state index contributed by atoms with van der Waals surface area (Å²) in [5, 5.41) is 0. The van der Waals surface area contributed by atoms with Crippen LogP contribution >= 0.6 is 11.3 Å². The molecule has 232 valence electrons.